The molecule has 6 heteroatoms. The third-order valence-electron chi connectivity index (χ3n) is 4.55. The van der Waals surface area contributed by atoms with Gasteiger partial charge in [-0.3, -0.25) is 0 Å². The van der Waals surface area contributed by atoms with Crippen LogP contribution >= 0.6 is 11.8 Å². The van der Waals surface area contributed by atoms with Crippen LogP contribution in [0.15, 0.2) is 0 Å². The maximum Gasteiger partial charge on any atom is 0.326 e. The van der Waals surface area contributed by atoms with Crippen molar-refractivity contribution in [3.63, 3.8) is 0 Å². The Kier molecular flexibility index (Phi) is 5.18. The molecule has 5 nitrogen and oxygen atoms in total. The lowest BCUT2D eigenvalue weighted by Gasteiger charge is -2.31. The third kappa shape index (κ3) is 3.40. The summed E-state index contributed by atoms with van der Waals surface area (Å²) in [6, 6.07) is -0.664. The number of carboxylic acid groups (broad SMARTS) is 1. The van der Waals surface area contributed by atoms with Crippen molar-refractivity contribution in [2.45, 2.75) is 56.4 Å². The molecule has 2 fully saturated rings. The lowest BCUT2D eigenvalue weighted by molar-refractivity contribution is -0.142. The first kappa shape index (κ1) is 15.5. The van der Waals surface area contributed by atoms with E-state index in [1.54, 1.807) is 0 Å². The predicted molar refractivity (Wildman–Crippen MR) is 80.0 cm³/mol. The number of urea groups is 1. The number of carbonyl (C=O) groups excluding carboxylic acids is 1. The van der Waals surface area contributed by atoms with Crippen LogP contribution in [0, 0.1) is 5.92 Å². The van der Waals surface area contributed by atoms with Gasteiger partial charge < -0.3 is 15.3 Å². The molecule has 2 rings (SSSR count). The highest BCUT2D eigenvalue weighted by molar-refractivity contribution is 7.99. The van der Waals surface area contributed by atoms with Gasteiger partial charge in [-0.25, -0.2) is 9.59 Å². The fraction of sp³-hybridized carbons (Fsp3) is 0.857. The fourth-order valence-corrected chi connectivity index (χ4v) is 4.00. The quantitative estimate of drug-likeness (QED) is 0.838. The molecule has 20 heavy (non-hydrogen) atoms. The van der Waals surface area contributed by atoms with Crippen LogP contribution in [0.25, 0.3) is 0 Å². The number of amides is 2. The highest BCUT2D eigenvalue weighted by Crippen LogP contribution is 2.28. The van der Waals surface area contributed by atoms with E-state index < -0.39 is 12.0 Å². The normalized spacial score (nSPS) is 34.0. The lowest BCUT2D eigenvalue weighted by atomic mass is 9.95. The van der Waals surface area contributed by atoms with Crippen molar-refractivity contribution in [1.29, 1.82) is 0 Å². The number of nitrogens with zero attached hydrogens (tertiary/aromatic N) is 1. The summed E-state index contributed by atoms with van der Waals surface area (Å²) in [6.45, 7) is 2.44. The van der Waals surface area contributed by atoms with Gasteiger partial charge >= 0.3 is 12.0 Å². The molecule has 0 aromatic rings. The monoisotopic (exact) mass is 300 g/mol. The van der Waals surface area contributed by atoms with Gasteiger partial charge in [-0.15, -0.1) is 0 Å². The standard InChI is InChI=1S/C14H24N2O3S/c1-9-7-8-16(12(9)13(17)18)14(19)15-10-3-5-11(20-2)6-4-10/h9-12H,3-8H2,1-2H3,(H,15,19)(H,17,18). The van der Waals surface area contributed by atoms with Crippen LogP contribution in [0.1, 0.15) is 39.0 Å². The van der Waals surface area contributed by atoms with Crippen molar-refractivity contribution < 1.29 is 14.7 Å². The first-order valence-corrected chi connectivity index (χ1v) is 8.64. The summed E-state index contributed by atoms with van der Waals surface area (Å²) in [5.41, 5.74) is 0. The van der Waals surface area contributed by atoms with Crippen molar-refractivity contribution in [3.8, 4) is 0 Å². The first-order chi connectivity index (χ1) is 9.52. The average molecular weight is 300 g/mol. The van der Waals surface area contributed by atoms with E-state index >= 15 is 0 Å². The summed E-state index contributed by atoms with van der Waals surface area (Å²) < 4.78 is 0. The van der Waals surface area contributed by atoms with Gasteiger partial charge in [0.15, 0.2) is 0 Å². The van der Waals surface area contributed by atoms with Gasteiger partial charge in [-0.05, 0) is 44.3 Å². The molecule has 2 unspecified atom stereocenters. The zero-order chi connectivity index (χ0) is 14.7. The predicted octanol–water partition coefficient (Wildman–Crippen LogP) is 2.17. The van der Waals surface area contributed by atoms with Crippen LogP contribution in [0.5, 0.6) is 0 Å². The second-order valence-electron chi connectivity index (χ2n) is 5.90. The van der Waals surface area contributed by atoms with Crippen molar-refractivity contribution in [2.75, 3.05) is 12.8 Å². The van der Waals surface area contributed by atoms with Crippen molar-refractivity contribution >= 4 is 23.8 Å². The number of likely N-dealkylation sites (tertiary alicyclic amines) is 1. The molecule has 0 radical (unpaired) electrons. The van der Waals surface area contributed by atoms with Gasteiger partial charge in [0, 0.05) is 17.8 Å². The maximum atomic E-state index is 12.3. The van der Waals surface area contributed by atoms with E-state index in [0.717, 1.165) is 32.1 Å². The Balaban J connectivity index is 1.87. The number of nitrogens with one attached hydrogen (secondary N) is 1. The van der Waals surface area contributed by atoms with Crippen LogP contribution in [-0.2, 0) is 4.79 Å². The van der Waals surface area contributed by atoms with Gasteiger partial charge in [-0.1, -0.05) is 6.92 Å². The Bertz CT molecular complexity index is 369. The number of carbonyl (C=O) groups is 2. The summed E-state index contributed by atoms with van der Waals surface area (Å²) in [7, 11) is 0. The number of rotatable bonds is 3. The van der Waals surface area contributed by atoms with E-state index in [1.165, 1.54) is 4.90 Å². The summed E-state index contributed by atoms with van der Waals surface area (Å²) in [5, 5.41) is 13.0. The Labute approximate surface area is 124 Å². The van der Waals surface area contributed by atoms with Gasteiger partial charge in [-0.2, -0.15) is 11.8 Å². The molecule has 0 aromatic carbocycles. The molecular formula is C14H24N2O3S. The SMILES string of the molecule is CSC1CCC(NC(=O)N2CCC(C)C2C(=O)O)CC1. The fourth-order valence-electron chi connectivity index (χ4n) is 3.25. The number of thioether (sulfide) groups is 1. The molecule has 2 atom stereocenters. The van der Waals surface area contributed by atoms with E-state index in [-0.39, 0.29) is 18.0 Å². The highest BCUT2D eigenvalue weighted by Gasteiger charge is 2.40. The van der Waals surface area contributed by atoms with Crippen LogP contribution < -0.4 is 5.32 Å². The largest absolute Gasteiger partial charge is 0.480 e. The van der Waals surface area contributed by atoms with E-state index in [0.29, 0.717) is 11.8 Å². The van der Waals surface area contributed by atoms with Crippen LogP contribution in [-0.4, -0.2) is 52.1 Å². The number of hydrogen-bond acceptors (Lipinski definition) is 3. The minimum Gasteiger partial charge on any atom is -0.480 e. The molecule has 2 amide bonds. The van der Waals surface area contributed by atoms with Crippen LogP contribution in [0.3, 0.4) is 0 Å². The van der Waals surface area contributed by atoms with Gasteiger partial charge in [0.25, 0.3) is 0 Å². The topological polar surface area (TPSA) is 69.6 Å². The van der Waals surface area contributed by atoms with Crippen molar-refractivity contribution in [2.24, 2.45) is 5.92 Å². The molecule has 1 aliphatic heterocycles. The van der Waals surface area contributed by atoms with E-state index in [2.05, 4.69) is 11.6 Å². The van der Waals surface area contributed by atoms with Gasteiger partial charge in [0.2, 0.25) is 0 Å². The van der Waals surface area contributed by atoms with Crippen LogP contribution in [0.2, 0.25) is 0 Å². The molecule has 1 saturated heterocycles. The number of aliphatic carboxylic acids is 1. The molecule has 114 valence electrons. The zero-order valence-corrected chi connectivity index (χ0v) is 13.0. The summed E-state index contributed by atoms with van der Waals surface area (Å²) in [5.74, 6) is -0.860. The number of hydrogen-bond donors (Lipinski definition) is 2. The van der Waals surface area contributed by atoms with Crippen molar-refractivity contribution in [3.05, 3.63) is 0 Å². The Morgan fingerprint density at radius 2 is 1.85 bits per heavy atom. The highest BCUT2D eigenvalue weighted by atomic mass is 32.2. The molecule has 0 bridgehead atoms. The molecule has 2 aliphatic rings. The van der Waals surface area contributed by atoms with Gasteiger partial charge in [0.05, 0.1) is 0 Å². The molecule has 1 aliphatic carbocycles. The Hall–Kier alpha value is -0.910. The maximum absolute atomic E-state index is 12.3. The van der Waals surface area contributed by atoms with Crippen molar-refractivity contribution in [1.82, 2.24) is 10.2 Å². The molecule has 0 aromatic heterocycles. The second-order valence-corrected chi connectivity index (χ2v) is 7.04. The van der Waals surface area contributed by atoms with E-state index in [4.69, 9.17) is 0 Å². The zero-order valence-electron chi connectivity index (χ0n) is 12.2. The lowest BCUT2D eigenvalue weighted by Crippen LogP contribution is -2.50. The van der Waals surface area contributed by atoms with E-state index in [1.807, 2.05) is 18.7 Å². The minimum absolute atomic E-state index is 0.0328. The molecule has 1 saturated carbocycles. The smallest absolute Gasteiger partial charge is 0.326 e. The summed E-state index contributed by atoms with van der Waals surface area (Å²) >= 11 is 1.90. The first-order valence-electron chi connectivity index (χ1n) is 7.35. The minimum atomic E-state index is -0.892. The van der Waals surface area contributed by atoms with Crippen LogP contribution in [0.4, 0.5) is 4.79 Å². The molecule has 2 N–H and O–H groups in total. The summed E-state index contributed by atoms with van der Waals surface area (Å²) in [4.78, 5) is 25.0. The molecular weight excluding hydrogens is 276 g/mol. The third-order valence-corrected chi connectivity index (χ3v) is 5.69. The average Bonchev–Trinajstić information content (AvgIpc) is 2.81. The van der Waals surface area contributed by atoms with E-state index in [9.17, 15) is 14.7 Å². The molecule has 1 heterocycles. The Morgan fingerprint density at radius 3 is 2.40 bits per heavy atom. The number of carboxylic acids is 1. The second kappa shape index (κ2) is 6.70. The van der Waals surface area contributed by atoms with Gasteiger partial charge in [0.1, 0.15) is 6.04 Å². The Morgan fingerprint density at radius 1 is 1.20 bits per heavy atom. The summed E-state index contributed by atoms with van der Waals surface area (Å²) in [6.07, 6.45) is 7.16. The molecule has 0 spiro atoms.